The Bertz CT molecular complexity index is 284. The van der Waals surface area contributed by atoms with Crippen LogP contribution in [-0.4, -0.2) is 40.0 Å². The van der Waals surface area contributed by atoms with Gasteiger partial charge in [0.2, 0.25) is 10.0 Å². The molecule has 0 heterocycles. The number of hydrogen-bond donors (Lipinski definition) is 2. The second kappa shape index (κ2) is 6.54. The maximum Gasteiger partial charge on any atom is 0.211 e. The van der Waals surface area contributed by atoms with Crippen molar-refractivity contribution < 1.29 is 13.2 Å². The van der Waals surface area contributed by atoms with Gasteiger partial charge >= 0.3 is 0 Å². The Labute approximate surface area is 97.8 Å². The van der Waals surface area contributed by atoms with Gasteiger partial charge in [-0.25, -0.2) is 13.1 Å². The van der Waals surface area contributed by atoms with E-state index < -0.39 is 10.0 Å². The Balaban J connectivity index is 2.29. The Morgan fingerprint density at radius 1 is 1.31 bits per heavy atom. The standard InChI is InChI=1S/C10H22N2O3S/c1-15-7-2-8-16(13,14)12-10-5-3-9(11)4-6-10/h9-10,12H,2-8,11H2,1H3. The average molecular weight is 250 g/mol. The molecule has 1 aliphatic rings. The number of ether oxygens (including phenoxy) is 1. The summed E-state index contributed by atoms with van der Waals surface area (Å²) in [7, 11) is -1.57. The topological polar surface area (TPSA) is 81.4 Å². The summed E-state index contributed by atoms with van der Waals surface area (Å²) in [4.78, 5) is 0. The lowest BCUT2D eigenvalue weighted by atomic mass is 9.93. The van der Waals surface area contributed by atoms with Crippen LogP contribution in [0.5, 0.6) is 0 Å². The van der Waals surface area contributed by atoms with Crippen LogP contribution in [0.1, 0.15) is 32.1 Å². The van der Waals surface area contributed by atoms with E-state index in [9.17, 15) is 8.42 Å². The number of nitrogens with one attached hydrogen (secondary N) is 1. The van der Waals surface area contributed by atoms with Crippen LogP contribution in [0, 0.1) is 0 Å². The van der Waals surface area contributed by atoms with Crippen molar-refractivity contribution in [2.75, 3.05) is 19.5 Å². The highest BCUT2D eigenvalue weighted by Gasteiger charge is 2.22. The summed E-state index contributed by atoms with van der Waals surface area (Å²) in [5.41, 5.74) is 5.77. The molecular weight excluding hydrogens is 228 g/mol. The van der Waals surface area contributed by atoms with Crippen molar-refractivity contribution in [1.29, 1.82) is 0 Å². The molecule has 0 atom stereocenters. The molecular formula is C10H22N2O3S. The van der Waals surface area contributed by atoms with Crippen LogP contribution in [0.25, 0.3) is 0 Å². The van der Waals surface area contributed by atoms with Crippen LogP contribution < -0.4 is 10.5 Å². The summed E-state index contributed by atoms with van der Waals surface area (Å²) in [5, 5.41) is 0. The Morgan fingerprint density at radius 2 is 1.94 bits per heavy atom. The first-order valence-electron chi connectivity index (χ1n) is 5.78. The van der Waals surface area contributed by atoms with Crippen LogP contribution in [-0.2, 0) is 14.8 Å². The summed E-state index contributed by atoms with van der Waals surface area (Å²) in [6.45, 7) is 0.483. The normalized spacial score (nSPS) is 26.9. The summed E-state index contributed by atoms with van der Waals surface area (Å²) < 4.78 is 30.9. The highest BCUT2D eigenvalue weighted by molar-refractivity contribution is 7.89. The lowest BCUT2D eigenvalue weighted by Crippen LogP contribution is -2.41. The molecule has 0 aromatic carbocycles. The molecule has 0 spiro atoms. The van der Waals surface area contributed by atoms with E-state index in [0.29, 0.717) is 13.0 Å². The second-order valence-corrected chi connectivity index (χ2v) is 6.27. The molecule has 0 aromatic rings. The zero-order valence-corrected chi connectivity index (χ0v) is 10.6. The van der Waals surface area contributed by atoms with Gasteiger partial charge in [0.15, 0.2) is 0 Å². The Morgan fingerprint density at radius 3 is 2.50 bits per heavy atom. The third-order valence-electron chi connectivity index (χ3n) is 2.88. The number of rotatable bonds is 6. The van der Waals surface area contributed by atoms with E-state index in [1.54, 1.807) is 7.11 Å². The van der Waals surface area contributed by atoms with Gasteiger partial charge in [-0.05, 0) is 32.1 Å². The second-order valence-electron chi connectivity index (χ2n) is 4.39. The molecule has 0 unspecified atom stereocenters. The average Bonchev–Trinajstić information content (AvgIpc) is 2.21. The van der Waals surface area contributed by atoms with Crippen molar-refractivity contribution in [3.63, 3.8) is 0 Å². The largest absolute Gasteiger partial charge is 0.385 e. The van der Waals surface area contributed by atoms with Gasteiger partial charge in [0.25, 0.3) is 0 Å². The van der Waals surface area contributed by atoms with E-state index in [2.05, 4.69) is 4.72 Å². The molecule has 3 N–H and O–H groups in total. The van der Waals surface area contributed by atoms with Gasteiger partial charge in [-0.2, -0.15) is 0 Å². The van der Waals surface area contributed by atoms with Crippen molar-refractivity contribution in [1.82, 2.24) is 4.72 Å². The molecule has 5 nitrogen and oxygen atoms in total. The minimum absolute atomic E-state index is 0.0762. The minimum Gasteiger partial charge on any atom is -0.385 e. The van der Waals surface area contributed by atoms with Gasteiger partial charge in [-0.1, -0.05) is 0 Å². The molecule has 0 bridgehead atoms. The minimum atomic E-state index is -3.14. The van der Waals surface area contributed by atoms with E-state index >= 15 is 0 Å². The van der Waals surface area contributed by atoms with Crippen LogP contribution in [0.4, 0.5) is 0 Å². The molecule has 1 fully saturated rings. The Kier molecular flexibility index (Phi) is 5.68. The molecule has 1 rings (SSSR count). The van der Waals surface area contributed by atoms with Crippen molar-refractivity contribution in [3.05, 3.63) is 0 Å². The molecule has 1 saturated carbocycles. The van der Waals surface area contributed by atoms with Crippen molar-refractivity contribution >= 4 is 10.0 Å². The summed E-state index contributed by atoms with van der Waals surface area (Å²) in [6.07, 6.45) is 4.06. The van der Waals surface area contributed by atoms with Crippen LogP contribution in [0.3, 0.4) is 0 Å². The first kappa shape index (κ1) is 13.9. The lowest BCUT2D eigenvalue weighted by molar-refractivity contribution is 0.199. The van der Waals surface area contributed by atoms with Gasteiger partial charge in [0.05, 0.1) is 5.75 Å². The van der Waals surface area contributed by atoms with Gasteiger partial charge < -0.3 is 10.5 Å². The van der Waals surface area contributed by atoms with E-state index in [-0.39, 0.29) is 17.8 Å². The van der Waals surface area contributed by atoms with Gasteiger partial charge in [-0.15, -0.1) is 0 Å². The zero-order valence-electron chi connectivity index (χ0n) is 9.81. The van der Waals surface area contributed by atoms with E-state index in [0.717, 1.165) is 25.7 Å². The molecule has 1 aliphatic carbocycles. The van der Waals surface area contributed by atoms with Crippen LogP contribution in [0.15, 0.2) is 0 Å². The first-order chi connectivity index (χ1) is 7.53. The molecule has 0 amide bonds. The third kappa shape index (κ3) is 5.25. The van der Waals surface area contributed by atoms with Crippen LogP contribution in [0.2, 0.25) is 0 Å². The maximum absolute atomic E-state index is 11.7. The van der Waals surface area contributed by atoms with Crippen LogP contribution >= 0.6 is 0 Å². The predicted molar refractivity (Wildman–Crippen MR) is 63.6 cm³/mol. The predicted octanol–water partition coefficient (Wildman–Crippen LogP) is 0.212. The summed E-state index contributed by atoms with van der Waals surface area (Å²) >= 11 is 0. The van der Waals surface area contributed by atoms with Gasteiger partial charge in [0.1, 0.15) is 0 Å². The highest BCUT2D eigenvalue weighted by Crippen LogP contribution is 2.17. The third-order valence-corrected chi connectivity index (χ3v) is 4.40. The molecule has 96 valence electrons. The molecule has 0 aromatic heterocycles. The summed E-state index contributed by atoms with van der Waals surface area (Å²) in [5.74, 6) is 0.142. The fraction of sp³-hybridized carbons (Fsp3) is 1.00. The molecule has 0 saturated heterocycles. The highest BCUT2D eigenvalue weighted by atomic mass is 32.2. The Hall–Kier alpha value is -0.170. The molecule has 0 radical (unpaired) electrons. The quantitative estimate of drug-likeness (QED) is 0.660. The first-order valence-corrected chi connectivity index (χ1v) is 7.43. The molecule has 6 heteroatoms. The van der Waals surface area contributed by atoms with Crippen molar-refractivity contribution in [3.8, 4) is 0 Å². The SMILES string of the molecule is COCCCS(=O)(=O)NC1CCC(N)CC1. The zero-order chi connectivity index (χ0) is 12.0. The van der Waals surface area contributed by atoms with Gasteiger partial charge in [0, 0.05) is 25.8 Å². The number of nitrogens with two attached hydrogens (primary N) is 1. The maximum atomic E-state index is 11.7. The number of methoxy groups -OCH3 is 1. The fourth-order valence-corrected chi connectivity index (χ4v) is 3.30. The smallest absolute Gasteiger partial charge is 0.211 e. The monoisotopic (exact) mass is 250 g/mol. The fourth-order valence-electron chi connectivity index (χ4n) is 1.94. The van der Waals surface area contributed by atoms with E-state index in [4.69, 9.17) is 10.5 Å². The number of sulfonamides is 1. The molecule has 16 heavy (non-hydrogen) atoms. The van der Waals surface area contributed by atoms with Crippen molar-refractivity contribution in [2.24, 2.45) is 5.73 Å². The number of hydrogen-bond acceptors (Lipinski definition) is 4. The molecule has 0 aliphatic heterocycles. The lowest BCUT2D eigenvalue weighted by Gasteiger charge is -2.26. The van der Waals surface area contributed by atoms with E-state index in [1.165, 1.54) is 0 Å². The van der Waals surface area contributed by atoms with Gasteiger partial charge in [-0.3, -0.25) is 0 Å². The van der Waals surface area contributed by atoms with Crippen molar-refractivity contribution in [2.45, 2.75) is 44.2 Å². The van der Waals surface area contributed by atoms with E-state index in [1.807, 2.05) is 0 Å². The summed E-state index contributed by atoms with van der Waals surface area (Å²) in [6, 6.07) is 0.321.